The molecule has 5 rings (SSSR count). The molecule has 33 heavy (non-hydrogen) atoms. The van der Waals surface area contributed by atoms with Crippen molar-refractivity contribution in [3.8, 4) is 5.75 Å². The lowest BCUT2D eigenvalue weighted by atomic mass is 9.81. The summed E-state index contributed by atoms with van der Waals surface area (Å²) in [5.74, 6) is 1.51. The third-order valence-electron chi connectivity index (χ3n) is 7.03. The van der Waals surface area contributed by atoms with Gasteiger partial charge in [-0.3, -0.25) is 9.59 Å². The molecule has 170 valence electrons. The number of hydrogen-bond donors (Lipinski definition) is 0. The number of imidazole rings is 1. The molecule has 3 atom stereocenters. The quantitative estimate of drug-likeness (QED) is 0.620. The van der Waals surface area contributed by atoms with Crippen LogP contribution in [-0.4, -0.2) is 64.0 Å². The fourth-order valence-electron chi connectivity index (χ4n) is 5.34. The molecule has 3 aromatic rings. The first-order chi connectivity index (χ1) is 16.1. The molecule has 2 saturated heterocycles. The zero-order chi connectivity index (χ0) is 22.9. The molecule has 2 fully saturated rings. The van der Waals surface area contributed by atoms with Crippen molar-refractivity contribution in [1.29, 1.82) is 0 Å². The summed E-state index contributed by atoms with van der Waals surface area (Å²) < 4.78 is 7.22. The molecule has 2 aliphatic rings. The van der Waals surface area contributed by atoms with Crippen molar-refractivity contribution in [2.24, 2.45) is 13.0 Å². The van der Waals surface area contributed by atoms with E-state index >= 15 is 0 Å². The zero-order valence-corrected chi connectivity index (χ0v) is 18.9. The van der Waals surface area contributed by atoms with Crippen molar-refractivity contribution in [1.82, 2.24) is 19.4 Å². The average Bonchev–Trinajstić information content (AvgIpc) is 3.47. The number of methoxy groups -OCH3 is 1. The summed E-state index contributed by atoms with van der Waals surface area (Å²) in [6, 6.07) is 17.6. The fourth-order valence-corrected chi connectivity index (χ4v) is 5.34. The van der Waals surface area contributed by atoms with Crippen LogP contribution in [0.1, 0.15) is 38.9 Å². The van der Waals surface area contributed by atoms with Crippen molar-refractivity contribution < 1.29 is 14.3 Å². The van der Waals surface area contributed by atoms with Gasteiger partial charge in [0.2, 0.25) is 0 Å². The van der Waals surface area contributed by atoms with Crippen LogP contribution in [0.4, 0.5) is 0 Å². The van der Waals surface area contributed by atoms with Gasteiger partial charge < -0.3 is 19.1 Å². The van der Waals surface area contributed by atoms with Gasteiger partial charge in [-0.2, -0.15) is 0 Å². The molecule has 7 nitrogen and oxygen atoms in total. The number of fused-ring (bicyclic) bond motifs is 1. The smallest absolute Gasteiger partial charge is 0.289 e. The molecule has 0 spiro atoms. The Morgan fingerprint density at radius 1 is 1.03 bits per heavy atom. The molecule has 3 heterocycles. The largest absolute Gasteiger partial charge is 0.497 e. The molecule has 0 radical (unpaired) electrons. The second kappa shape index (κ2) is 8.73. The van der Waals surface area contributed by atoms with Crippen molar-refractivity contribution in [2.75, 3.05) is 26.7 Å². The lowest BCUT2D eigenvalue weighted by Gasteiger charge is -2.38. The molecule has 0 N–H and O–H groups in total. The number of hydrogen-bond acceptors (Lipinski definition) is 4. The van der Waals surface area contributed by atoms with Gasteiger partial charge in [0, 0.05) is 62.5 Å². The van der Waals surface area contributed by atoms with Crippen LogP contribution in [0.2, 0.25) is 0 Å². The maximum atomic E-state index is 13.5. The highest BCUT2D eigenvalue weighted by Gasteiger charge is 2.48. The highest BCUT2D eigenvalue weighted by Crippen LogP contribution is 2.43. The summed E-state index contributed by atoms with van der Waals surface area (Å²) in [5, 5.41) is 0. The molecule has 0 bridgehead atoms. The van der Waals surface area contributed by atoms with E-state index in [0.29, 0.717) is 31.0 Å². The first kappa shape index (κ1) is 21.2. The van der Waals surface area contributed by atoms with Gasteiger partial charge in [-0.05, 0) is 36.2 Å². The summed E-state index contributed by atoms with van der Waals surface area (Å²) in [6.45, 7) is 1.83. The summed E-state index contributed by atoms with van der Waals surface area (Å²) in [6.07, 6.45) is 4.18. The standard InChI is InChI=1S/C26H28N4O3/c1-28-14-12-27-24(28)26(32)29-13-11-23-22(16-29)21(19-9-6-10-20(15-19)33-2)17-30(23)25(31)18-7-4-3-5-8-18/h3-10,12,14-15,21-23H,11,13,16-17H2,1-2H3/t21-,22-,23-/m1/s1. The second-order valence-corrected chi connectivity index (χ2v) is 8.84. The maximum Gasteiger partial charge on any atom is 0.289 e. The van der Waals surface area contributed by atoms with E-state index in [1.165, 1.54) is 0 Å². The molecular weight excluding hydrogens is 416 g/mol. The zero-order valence-electron chi connectivity index (χ0n) is 18.9. The fraction of sp³-hybridized carbons (Fsp3) is 0.346. The molecule has 0 unspecified atom stereocenters. The highest BCUT2D eigenvalue weighted by molar-refractivity contribution is 5.95. The van der Waals surface area contributed by atoms with Crippen LogP contribution in [-0.2, 0) is 7.05 Å². The minimum absolute atomic E-state index is 0.0554. The monoisotopic (exact) mass is 444 g/mol. The van der Waals surface area contributed by atoms with Crippen LogP contribution in [0.3, 0.4) is 0 Å². The van der Waals surface area contributed by atoms with E-state index in [2.05, 4.69) is 17.1 Å². The number of nitrogens with zero attached hydrogens (tertiary/aromatic N) is 4. The third-order valence-corrected chi connectivity index (χ3v) is 7.03. The first-order valence-electron chi connectivity index (χ1n) is 11.3. The Hall–Kier alpha value is -3.61. The van der Waals surface area contributed by atoms with E-state index in [1.807, 2.05) is 59.3 Å². The Bertz CT molecular complexity index is 1160. The Kier molecular flexibility index (Phi) is 5.62. The maximum absolute atomic E-state index is 13.5. The molecule has 0 saturated carbocycles. The summed E-state index contributed by atoms with van der Waals surface area (Å²) in [7, 11) is 3.50. The third kappa shape index (κ3) is 3.88. The number of aryl methyl sites for hydroxylation is 1. The number of amides is 2. The predicted octanol–water partition coefficient (Wildman–Crippen LogP) is 3.20. The predicted molar refractivity (Wildman–Crippen MR) is 124 cm³/mol. The minimum atomic E-state index is -0.0572. The molecule has 2 aliphatic heterocycles. The van der Waals surface area contributed by atoms with Crippen LogP contribution in [0, 0.1) is 5.92 Å². The number of aromatic nitrogens is 2. The van der Waals surface area contributed by atoms with Gasteiger partial charge in [-0.1, -0.05) is 30.3 Å². The lowest BCUT2D eigenvalue weighted by molar-refractivity contribution is 0.0524. The Morgan fingerprint density at radius 3 is 2.58 bits per heavy atom. The van der Waals surface area contributed by atoms with Crippen LogP contribution < -0.4 is 4.74 Å². The second-order valence-electron chi connectivity index (χ2n) is 8.84. The van der Waals surface area contributed by atoms with Crippen molar-refractivity contribution in [2.45, 2.75) is 18.4 Å². The van der Waals surface area contributed by atoms with Crippen LogP contribution in [0.15, 0.2) is 67.0 Å². The van der Waals surface area contributed by atoms with E-state index in [4.69, 9.17) is 4.74 Å². The van der Waals surface area contributed by atoms with E-state index < -0.39 is 0 Å². The van der Waals surface area contributed by atoms with Gasteiger partial charge in [0.15, 0.2) is 5.82 Å². The molecule has 2 amide bonds. The SMILES string of the molecule is COc1cccc([C@H]2CN(C(=O)c3ccccc3)[C@@H]3CCN(C(=O)c4nccn4C)C[C@H]23)c1. The van der Waals surface area contributed by atoms with Crippen molar-refractivity contribution in [3.05, 3.63) is 83.9 Å². The van der Waals surface area contributed by atoms with E-state index in [9.17, 15) is 9.59 Å². The molecule has 2 aromatic carbocycles. The topological polar surface area (TPSA) is 67.7 Å². The van der Waals surface area contributed by atoms with Crippen LogP contribution in [0.5, 0.6) is 5.75 Å². The lowest BCUT2D eigenvalue weighted by Crippen LogP contribution is -2.50. The van der Waals surface area contributed by atoms with Crippen molar-refractivity contribution >= 4 is 11.8 Å². The van der Waals surface area contributed by atoms with Gasteiger partial charge in [-0.15, -0.1) is 0 Å². The number of carbonyl (C=O) groups excluding carboxylic acids is 2. The van der Waals surface area contributed by atoms with Gasteiger partial charge in [-0.25, -0.2) is 4.98 Å². The Morgan fingerprint density at radius 2 is 1.85 bits per heavy atom. The number of carbonyl (C=O) groups is 2. The van der Waals surface area contributed by atoms with Gasteiger partial charge in [0.25, 0.3) is 11.8 Å². The minimum Gasteiger partial charge on any atom is -0.497 e. The average molecular weight is 445 g/mol. The molecular formula is C26H28N4O3. The van der Waals surface area contributed by atoms with E-state index in [1.54, 1.807) is 24.1 Å². The molecule has 0 aliphatic carbocycles. The van der Waals surface area contributed by atoms with Crippen LogP contribution in [0.25, 0.3) is 0 Å². The normalized spacial score (nSPS) is 22.2. The first-order valence-corrected chi connectivity index (χ1v) is 11.3. The summed E-state index contributed by atoms with van der Waals surface area (Å²) in [5.41, 5.74) is 1.84. The number of piperidine rings is 1. The van der Waals surface area contributed by atoms with Gasteiger partial charge in [0.05, 0.1) is 7.11 Å². The summed E-state index contributed by atoms with van der Waals surface area (Å²) in [4.78, 5) is 34.8. The number of ether oxygens (including phenoxy) is 1. The van der Waals surface area contributed by atoms with Crippen molar-refractivity contribution in [3.63, 3.8) is 0 Å². The van der Waals surface area contributed by atoms with E-state index in [-0.39, 0.29) is 29.7 Å². The summed E-state index contributed by atoms with van der Waals surface area (Å²) >= 11 is 0. The molecule has 7 heteroatoms. The number of rotatable bonds is 4. The Balaban J connectivity index is 1.46. The van der Waals surface area contributed by atoms with Gasteiger partial charge >= 0.3 is 0 Å². The molecule has 1 aromatic heterocycles. The van der Waals surface area contributed by atoms with E-state index in [0.717, 1.165) is 17.7 Å². The number of benzene rings is 2. The highest BCUT2D eigenvalue weighted by atomic mass is 16.5. The van der Waals surface area contributed by atoms with Gasteiger partial charge in [0.1, 0.15) is 5.75 Å². The Labute approximate surface area is 193 Å². The van der Waals surface area contributed by atoms with Crippen LogP contribution >= 0.6 is 0 Å². The number of likely N-dealkylation sites (tertiary alicyclic amines) is 2.